The summed E-state index contributed by atoms with van der Waals surface area (Å²) >= 11 is 0. The zero-order valence-electron chi connectivity index (χ0n) is 7.97. The van der Waals surface area contributed by atoms with E-state index in [0.717, 1.165) is 0 Å². The van der Waals surface area contributed by atoms with Crippen LogP contribution in [-0.4, -0.2) is 21.0 Å². The summed E-state index contributed by atoms with van der Waals surface area (Å²) in [6, 6.07) is 3.33. The van der Waals surface area contributed by atoms with Crippen LogP contribution < -0.4 is 5.32 Å². The van der Waals surface area contributed by atoms with Crippen LogP contribution in [-0.2, 0) is 0 Å². The van der Waals surface area contributed by atoms with Gasteiger partial charge in [-0.15, -0.1) is 0 Å². The highest BCUT2D eigenvalue weighted by atomic mass is 16.5. The lowest BCUT2D eigenvalue weighted by Crippen LogP contribution is -2.12. The quantitative estimate of drug-likeness (QED) is 0.789. The summed E-state index contributed by atoms with van der Waals surface area (Å²) < 4.78 is 4.71. The molecule has 0 saturated carbocycles. The SMILES string of the molecule is Cc1nc(NC(=O)c2cccnc2)no1. The number of pyridine rings is 1. The van der Waals surface area contributed by atoms with Gasteiger partial charge in [0, 0.05) is 19.3 Å². The minimum absolute atomic E-state index is 0.154. The minimum Gasteiger partial charge on any atom is -0.338 e. The van der Waals surface area contributed by atoms with Crippen LogP contribution in [0.15, 0.2) is 29.0 Å². The van der Waals surface area contributed by atoms with Gasteiger partial charge in [-0.05, 0) is 17.3 Å². The molecule has 0 aliphatic heterocycles. The summed E-state index contributed by atoms with van der Waals surface area (Å²) in [6.07, 6.45) is 3.05. The molecular weight excluding hydrogens is 196 g/mol. The molecule has 0 aliphatic rings. The highest BCUT2D eigenvalue weighted by Crippen LogP contribution is 2.03. The number of aromatic nitrogens is 3. The van der Waals surface area contributed by atoms with Crippen LogP contribution in [0.2, 0.25) is 0 Å². The second kappa shape index (κ2) is 3.87. The van der Waals surface area contributed by atoms with Gasteiger partial charge in [-0.3, -0.25) is 15.1 Å². The maximum Gasteiger partial charge on any atom is 0.270 e. The molecule has 0 atom stereocenters. The normalized spacial score (nSPS) is 9.93. The number of hydrogen-bond acceptors (Lipinski definition) is 5. The zero-order valence-corrected chi connectivity index (χ0v) is 7.97. The average molecular weight is 204 g/mol. The van der Waals surface area contributed by atoms with Crippen molar-refractivity contribution < 1.29 is 9.32 Å². The number of carbonyl (C=O) groups is 1. The van der Waals surface area contributed by atoms with Gasteiger partial charge in [0.25, 0.3) is 11.9 Å². The first-order valence-electron chi connectivity index (χ1n) is 4.27. The van der Waals surface area contributed by atoms with E-state index in [2.05, 4.69) is 20.4 Å². The van der Waals surface area contributed by atoms with E-state index in [1.807, 2.05) is 0 Å². The van der Waals surface area contributed by atoms with Crippen molar-refractivity contribution in [3.8, 4) is 0 Å². The van der Waals surface area contributed by atoms with Gasteiger partial charge in [-0.1, -0.05) is 0 Å². The van der Waals surface area contributed by atoms with Gasteiger partial charge >= 0.3 is 0 Å². The van der Waals surface area contributed by atoms with E-state index in [1.54, 1.807) is 25.3 Å². The largest absolute Gasteiger partial charge is 0.338 e. The van der Waals surface area contributed by atoms with E-state index in [0.29, 0.717) is 11.5 Å². The number of nitrogens with zero attached hydrogens (tertiary/aromatic N) is 3. The Morgan fingerprint density at radius 2 is 2.40 bits per heavy atom. The van der Waals surface area contributed by atoms with Crippen molar-refractivity contribution >= 4 is 11.9 Å². The Bertz CT molecular complexity index is 466. The van der Waals surface area contributed by atoms with Crippen LogP contribution in [0.25, 0.3) is 0 Å². The third-order valence-electron chi connectivity index (χ3n) is 1.68. The second-order valence-corrected chi connectivity index (χ2v) is 2.83. The van der Waals surface area contributed by atoms with Crippen LogP contribution >= 0.6 is 0 Å². The Balaban J connectivity index is 2.11. The summed E-state index contributed by atoms with van der Waals surface area (Å²) in [5.41, 5.74) is 0.444. The lowest BCUT2D eigenvalue weighted by Gasteiger charge is -1.98. The predicted octanol–water partition coefficient (Wildman–Crippen LogP) is 1.03. The van der Waals surface area contributed by atoms with Gasteiger partial charge in [0.05, 0.1) is 5.56 Å². The summed E-state index contributed by atoms with van der Waals surface area (Å²) in [6.45, 7) is 1.65. The molecule has 0 unspecified atom stereocenters. The molecule has 0 saturated heterocycles. The fraction of sp³-hybridized carbons (Fsp3) is 0.111. The molecule has 0 bridgehead atoms. The lowest BCUT2D eigenvalue weighted by atomic mass is 10.3. The summed E-state index contributed by atoms with van der Waals surface area (Å²) in [4.78, 5) is 19.2. The fourth-order valence-corrected chi connectivity index (χ4v) is 1.02. The first-order chi connectivity index (χ1) is 7.25. The van der Waals surface area contributed by atoms with E-state index < -0.39 is 0 Å². The molecular formula is C9H8N4O2. The van der Waals surface area contributed by atoms with Gasteiger partial charge in [-0.25, -0.2) is 0 Å². The molecule has 0 fully saturated rings. The maximum atomic E-state index is 11.6. The van der Waals surface area contributed by atoms with Crippen LogP contribution in [0.1, 0.15) is 16.2 Å². The molecule has 0 aliphatic carbocycles. The molecule has 6 nitrogen and oxygen atoms in total. The first-order valence-corrected chi connectivity index (χ1v) is 4.27. The standard InChI is InChI=1S/C9H8N4O2/c1-6-11-9(13-15-6)12-8(14)7-3-2-4-10-5-7/h2-5H,1H3,(H,12,13,14). The van der Waals surface area contributed by atoms with E-state index in [4.69, 9.17) is 4.52 Å². The van der Waals surface area contributed by atoms with Crippen molar-refractivity contribution in [3.05, 3.63) is 36.0 Å². The molecule has 15 heavy (non-hydrogen) atoms. The molecule has 6 heteroatoms. The molecule has 2 aromatic rings. The highest BCUT2D eigenvalue weighted by Gasteiger charge is 2.09. The van der Waals surface area contributed by atoms with E-state index in [-0.39, 0.29) is 11.9 Å². The molecule has 2 rings (SSSR count). The summed E-state index contributed by atoms with van der Waals surface area (Å²) in [5, 5.41) is 6.03. The minimum atomic E-state index is -0.316. The van der Waals surface area contributed by atoms with Gasteiger partial charge in [0.2, 0.25) is 5.89 Å². The number of anilines is 1. The van der Waals surface area contributed by atoms with Crippen molar-refractivity contribution in [3.63, 3.8) is 0 Å². The summed E-state index contributed by atoms with van der Waals surface area (Å²) in [7, 11) is 0. The molecule has 1 N–H and O–H groups in total. The van der Waals surface area contributed by atoms with Crippen LogP contribution in [0.5, 0.6) is 0 Å². The van der Waals surface area contributed by atoms with E-state index >= 15 is 0 Å². The zero-order chi connectivity index (χ0) is 10.7. The van der Waals surface area contributed by atoms with E-state index in [9.17, 15) is 4.79 Å². The monoisotopic (exact) mass is 204 g/mol. The molecule has 76 valence electrons. The van der Waals surface area contributed by atoms with Gasteiger partial charge in [0.1, 0.15) is 0 Å². The van der Waals surface area contributed by atoms with E-state index in [1.165, 1.54) is 6.20 Å². The maximum absolute atomic E-state index is 11.6. The Hall–Kier alpha value is -2.24. The number of amides is 1. The van der Waals surface area contributed by atoms with Crippen molar-refractivity contribution in [2.75, 3.05) is 5.32 Å². The summed E-state index contributed by atoms with van der Waals surface area (Å²) in [5.74, 6) is 0.238. The number of aryl methyl sites for hydroxylation is 1. The predicted molar refractivity (Wildman–Crippen MR) is 51.2 cm³/mol. The lowest BCUT2D eigenvalue weighted by molar-refractivity contribution is 0.102. The molecule has 0 radical (unpaired) electrons. The highest BCUT2D eigenvalue weighted by molar-refractivity contribution is 6.02. The Morgan fingerprint density at radius 1 is 1.53 bits per heavy atom. The molecule has 2 heterocycles. The average Bonchev–Trinajstić information content (AvgIpc) is 2.65. The molecule has 1 amide bonds. The van der Waals surface area contributed by atoms with Gasteiger partial charge < -0.3 is 4.52 Å². The third kappa shape index (κ3) is 2.16. The van der Waals surface area contributed by atoms with Gasteiger partial charge in [-0.2, -0.15) is 4.98 Å². The number of rotatable bonds is 2. The van der Waals surface area contributed by atoms with Crippen LogP contribution in [0, 0.1) is 6.92 Å². The van der Waals surface area contributed by atoms with Crippen LogP contribution in [0.3, 0.4) is 0 Å². The van der Waals surface area contributed by atoms with Crippen molar-refractivity contribution in [1.82, 2.24) is 15.1 Å². The number of nitrogens with one attached hydrogen (secondary N) is 1. The second-order valence-electron chi connectivity index (χ2n) is 2.83. The fourth-order valence-electron chi connectivity index (χ4n) is 1.02. The molecule has 2 aromatic heterocycles. The van der Waals surface area contributed by atoms with Gasteiger partial charge in [0.15, 0.2) is 0 Å². The number of hydrogen-bond donors (Lipinski definition) is 1. The van der Waals surface area contributed by atoms with Crippen molar-refractivity contribution in [2.45, 2.75) is 6.92 Å². The third-order valence-corrected chi connectivity index (χ3v) is 1.68. The number of carbonyl (C=O) groups excluding carboxylic acids is 1. The Kier molecular flexibility index (Phi) is 2.40. The van der Waals surface area contributed by atoms with Crippen molar-refractivity contribution in [2.24, 2.45) is 0 Å². The van der Waals surface area contributed by atoms with Crippen molar-refractivity contribution in [1.29, 1.82) is 0 Å². The molecule has 0 spiro atoms. The first kappa shape index (κ1) is 9.32. The van der Waals surface area contributed by atoms with Crippen LogP contribution in [0.4, 0.5) is 5.95 Å². The smallest absolute Gasteiger partial charge is 0.270 e. The molecule has 0 aromatic carbocycles. The topological polar surface area (TPSA) is 80.9 Å². The Labute approximate surface area is 85.3 Å². The Morgan fingerprint density at radius 3 is 3.00 bits per heavy atom.